The van der Waals surface area contributed by atoms with E-state index in [1.54, 1.807) is 24.1 Å². The Morgan fingerprint density at radius 2 is 2.12 bits per heavy atom. The van der Waals surface area contributed by atoms with Gasteiger partial charge in [-0.15, -0.1) is 10.2 Å². The minimum atomic E-state index is -0.395. The summed E-state index contributed by atoms with van der Waals surface area (Å²) in [4.78, 5) is 26.3. The molecule has 2 amide bonds. The summed E-state index contributed by atoms with van der Waals surface area (Å²) in [5, 5.41) is 12.2. The smallest absolute Gasteiger partial charge is 0.231 e. The second-order valence-electron chi connectivity index (χ2n) is 5.84. The summed E-state index contributed by atoms with van der Waals surface area (Å²) < 4.78 is 5.12. The number of hydrogen-bond acceptors (Lipinski definition) is 6. The van der Waals surface area contributed by atoms with Gasteiger partial charge in [0.2, 0.25) is 16.9 Å². The van der Waals surface area contributed by atoms with Gasteiger partial charge in [0.25, 0.3) is 0 Å². The fourth-order valence-corrected chi connectivity index (χ4v) is 3.57. The topological polar surface area (TPSA) is 84.4 Å². The molecule has 0 saturated carbocycles. The van der Waals surface area contributed by atoms with E-state index >= 15 is 0 Å². The van der Waals surface area contributed by atoms with Crippen molar-refractivity contribution in [2.24, 2.45) is 5.92 Å². The van der Waals surface area contributed by atoms with E-state index in [0.717, 1.165) is 29.3 Å². The Morgan fingerprint density at radius 3 is 2.80 bits per heavy atom. The van der Waals surface area contributed by atoms with Crippen LogP contribution in [-0.4, -0.2) is 35.7 Å². The van der Waals surface area contributed by atoms with Gasteiger partial charge in [-0.25, -0.2) is 0 Å². The maximum Gasteiger partial charge on any atom is 0.231 e. The fraction of sp³-hybridized carbons (Fsp3) is 0.412. The van der Waals surface area contributed by atoms with Crippen molar-refractivity contribution < 1.29 is 14.3 Å². The quantitative estimate of drug-likeness (QED) is 0.855. The van der Waals surface area contributed by atoms with Crippen LogP contribution in [0.2, 0.25) is 0 Å². The van der Waals surface area contributed by atoms with Crippen LogP contribution in [0, 0.1) is 5.92 Å². The van der Waals surface area contributed by atoms with Crippen LogP contribution >= 0.6 is 11.3 Å². The van der Waals surface area contributed by atoms with Gasteiger partial charge in [0.1, 0.15) is 10.8 Å². The molecule has 1 N–H and O–H groups in total. The van der Waals surface area contributed by atoms with Crippen LogP contribution in [0.25, 0.3) is 0 Å². The van der Waals surface area contributed by atoms with Crippen molar-refractivity contribution in [2.45, 2.75) is 26.2 Å². The van der Waals surface area contributed by atoms with E-state index < -0.39 is 5.92 Å². The van der Waals surface area contributed by atoms with Gasteiger partial charge < -0.3 is 15.0 Å². The summed E-state index contributed by atoms with van der Waals surface area (Å²) in [7, 11) is 1.59. The van der Waals surface area contributed by atoms with Crippen LogP contribution in [-0.2, 0) is 16.0 Å². The number of rotatable bonds is 6. The van der Waals surface area contributed by atoms with Gasteiger partial charge >= 0.3 is 0 Å². The maximum absolute atomic E-state index is 12.4. The highest BCUT2D eigenvalue weighted by Crippen LogP contribution is 2.28. The molecule has 1 aromatic heterocycles. The standard InChI is InChI=1S/C17H20N4O3S/c1-3-4-14-19-20-17(25-14)18-16(23)11-9-15(22)21(10-11)12-5-7-13(24-2)8-6-12/h5-8,11H,3-4,9-10H2,1-2H3,(H,18,20,23)/t11-/m1/s1. The first-order valence-electron chi connectivity index (χ1n) is 8.18. The number of carbonyl (C=O) groups is 2. The van der Waals surface area contributed by atoms with Gasteiger partial charge in [-0.3, -0.25) is 9.59 Å². The highest BCUT2D eigenvalue weighted by Gasteiger charge is 2.35. The lowest BCUT2D eigenvalue weighted by Gasteiger charge is -2.16. The third kappa shape index (κ3) is 3.96. The highest BCUT2D eigenvalue weighted by atomic mass is 32.1. The maximum atomic E-state index is 12.4. The lowest BCUT2D eigenvalue weighted by molar-refractivity contribution is -0.122. The molecule has 1 aromatic carbocycles. The molecule has 1 atom stereocenters. The Labute approximate surface area is 150 Å². The van der Waals surface area contributed by atoms with E-state index in [2.05, 4.69) is 22.4 Å². The van der Waals surface area contributed by atoms with E-state index in [1.165, 1.54) is 11.3 Å². The van der Waals surface area contributed by atoms with Crippen molar-refractivity contribution >= 4 is 34.0 Å². The number of ether oxygens (including phenoxy) is 1. The largest absolute Gasteiger partial charge is 0.497 e. The molecule has 0 spiro atoms. The first kappa shape index (κ1) is 17.3. The molecule has 0 bridgehead atoms. The minimum absolute atomic E-state index is 0.0609. The third-order valence-corrected chi connectivity index (χ3v) is 4.94. The van der Waals surface area contributed by atoms with E-state index in [-0.39, 0.29) is 18.2 Å². The van der Waals surface area contributed by atoms with Crippen molar-refractivity contribution in [2.75, 3.05) is 23.9 Å². The molecule has 25 heavy (non-hydrogen) atoms. The molecule has 2 aromatic rings. The Hall–Kier alpha value is -2.48. The number of aromatic nitrogens is 2. The summed E-state index contributed by atoms with van der Waals surface area (Å²) in [5.74, 6) is 0.0785. The molecule has 1 aliphatic heterocycles. The molecule has 0 radical (unpaired) electrons. The molecule has 132 valence electrons. The zero-order chi connectivity index (χ0) is 17.8. The average Bonchev–Trinajstić information content (AvgIpc) is 3.22. The predicted octanol–water partition coefficient (Wildman–Crippen LogP) is 2.49. The second-order valence-corrected chi connectivity index (χ2v) is 6.91. The van der Waals surface area contributed by atoms with Crippen molar-refractivity contribution in [3.05, 3.63) is 29.3 Å². The van der Waals surface area contributed by atoms with Crippen molar-refractivity contribution in [1.82, 2.24) is 10.2 Å². The number of nitrogens with one attached hydrogen (secondary N) is 1. The number of nitrogens with zero attached hydrogens (tertiary/aromatic N) is 3. The zero-order valence-electron chi connectivity index (χ0n) is 14.2. The molecule has 0 aliphatic carbocycles. The van der Waals surface area contributed by atoms with Gasteiger partial charge in [-0.05, 0) is 30.7 Å². The molecule has 2 heterocycles. The molecule has 0 unspecified atom stereocenters. The zero-order valence-corrected chi connectivity index (χ0v) is 15.0. The number of hydrogen-bond donors (Lipinski definition) is 1. The number of carbonyl (C=O) groups excluding carboxylic acids is 2. The van der Waals surface area contributed by atoms with E-state index in [4.69, 9.17) is 4.74 Å². The molecule has 1 fully saturated rings. The number of amides is 2. The van der Waals surface area contributed by atoms with Crippen molar-refractivity contribution in [3.8, 4) is 5.75 Å². The minimum Gasteiger partial charge on any atom is -0.497 e. The Bertz CT molecular complexity index is 760. The van der Waals surface area contributed by atoms with E-state index in [1.807, 2.05) is 12.1 Å². The van der Waals surface area contributed by atoms with E-state index in [9.17, 15) is 9.59 Å². The highest BCUT2D eigenvalue weighted by molar-refractivity contribution is 7.15. The van der Waals surface area contributed by atoms with Crippen LogP contribution < -0.4 is 15.0 Å². The van der Waals surface area contributed by atoms with Crippen LogP contribution in [0.3, 0.4) is 0 Å². The molecule has 3 rings (SSSR count). The van der Waals surface area contributed by atoms with Gasteiger partial charge in [0.05, 0.1) is 13.0 Å². The van der Waals surface area contributed by atoms with Gasteiger partial charge in [0.15, 0.2) is 0 Å². The van der Waals surface area contributed by atoms with Gasteiger partial charge in [-0.2, -0.15) is 0 Å². The van der Waals surface area contributed by atoms with E-state index in [0.29, 0.717) is 11.7 Å². The number of anilines is 2. The van der Waals surface area contributed by atoms with Crippen molar-refractivity contribution in [3.63, 3.8) is 0 Å². The van der Waals surface area contributed by atoms with Crippen LogP contribution in [0.4, 0.5) is 10.8 Å². The second kappa shape index (κ2) is 7.60. The first-order valence-corrected chi connectivity index (χ1v) is 9.00. The Morgan fingerprint density at radius 1 is 1.36 bits per heavy atom. The van der Waals surface area contributed by atoms with Crippen LogP contribution in [0.15, 0.2) is 24.3 Å². The molecule has 7 nitrogen and oxygen atoms in total. The molecular weight excluding hydrogens is 340 g/mol. The summed E-state index contributed by atoms with van der Waals surface area (Å²) >= 11 is 1.38. The summed E-state index contributed by atoms with van der Waals surface area (Å²) in [6.45, 7) is 2.43. The lowest BCUT2D eigenvalue weighted by atomic mass is 10.1. The fourth-order valence-electron chi connectivity index (χ4n) is 2.72. The van der Waals surface area contributed by atoms with Crippen LogP contribution in [0.1, 0.15) is 24.8 Å². The first-order chi connectivity index (χ1) is 12.1. The SMILES string of the molecule is CCCc1nnc(NC(=O)[C@@H]2CC(=O)N(c3ccc(OC)cc3)C2)s1. The molecule has 1 aliphatic rings. The molecule has 1 saturated heterocycles. The Balaban J connectivity index is 1.63. The number of aryl methyl sites for hydroxylation is 1. The molecule has 8 heteroatoms. The average molecular weight is 360 g/mol. The van der Waals surface area contributed by atoms with Crippen molar-refractivity contribution in [1.29, 1.82) is 0 Å². The van der Waals surface area contributed by atoms with Gasteiger partial charge in [0, 0.05) is 25.1 Å². The number of benzene rings is 1. The summed E-state index contributed by atoms with van der Waals surface area (Å²) in [6, 6.07) is 7.23. The molecular formula is C17H20N4O3S. The number of methoxy groups -OCH3 is 1. The monoisotopic (exact) mass is 360 g/mol. The van der Waals surface area contributed by atoms with Gasteiger partial charge in [-0.1, -0.05) is 18.3 Å². The summed E-state index contributed by atoms with van der Waals surface area (Å²) in [5.41, 5.74) is 0.766. The third-order valence-electron chi connectivity index (χ3n) is 4.04. The lowest BCUT2D eigenvalue weighted by Crippen LogP contribution is -2.28. The normalized spacial score (nSPS) is 17.0. The van der Waals surface area contributed by atoms with Crippen LogP contribution in [0.5, 0.6) is 5.75 Å². The Kier molecular flexibility index (Phi) is 5.28. The summed E-state index contributed by atoms with van der Waals surface area (Å²) in [6.07, 6.45) is 2.02. The predicted molar refractivity (Wildman–Crippen MR) is 96.0 cm³/mol.